The summed E-state index contributed by atoms with van der Waals surface area (Å²) in [5.41, 5.74) is 4.23. The van der Waals surface area contributed by atoms with E-state index in [4.69, 9.17) is 18.9 Å². The molecule has 13 heteroatoms. The van der Waals surface area contributed by atoms with Crippen LogP contribution in [0.1, 0.15) is 88.1 Å². The molecule has 52 heavy (non-hydrogen) atoms. The van der Waals surface area contributed by atoms with Crippen molar-refractivity contribution in [3.05, 3.63) is 101 Å². The quantitative estimate of drug-likeness (QED) is 0.111. The number of aliphatic hydroxyl groups is 1. The molecule has 0 aromatic heterocycles. The van der Waals surface area contributed by atoms with Crippen LogP contribution in [-0.2, 0) is 20.7 Å². The number of benzene rings is 3. The molecule has 3 N–H and O–H groups in total. The molecular weight excluding hydrogens is 740 g/mol. The van der Waals surface area contributed by atoms with Gasteiger partial charge >= 0.3 is 23.9 Å². The summed E-state index contributed by atoms with van der Waals surface area (Å²) in [7, 11) is 1.23. The standard InChI is InChI=1S/C39H39BrO12/c1-11-24-22(9)29(36(44)45)18(5)20(7)34(24)51-37(46)28-15(2)12-26(16(3)17(28)4)50-38(47)30-19(6)21(8)35(32(40)33(30)43)52-39(48)31-25(42)13-23(41)14-27(31)49-10/h12-14,31,41,43H,11H2,1-10H3,(H,44,45). The second kappa shape index (κ2) is 15.0. The summed E-state index contributed by atoms with van der Waals surface area (Å²) in [6.45, 7) is 15.0. The molecule has 4 rings (SSSR count). The van der Waals surface area contributed by atoms with Gasteiger partial charge in [0.2, 0.25) is 0 Å². The number of ether oxygens (including phenoxy) is 4. The molecule has 1 aliphatic carbocycles. The van der Waals surface area contributed by atoms with Crippen LogP contribution in [0.4, 0.5) is 0 Å². The summed E-state index contributed by atoms with van der Waals surface area (Å²) in [6, 6.07) is 1.51. The Labute approximate surface area is 308 Å². The third kappa shape index (κ3) is 6.92. The third-order valence-electron chi connectivity index (χ3n) is 9.55. The maximum absolute atomic E-state index is 13.7. The number of aromatic hydroxyl groups is 1. The van der Waals surface area contributed by atoms with Crippen molar-refractivity contribution >= 4 is 45.6 Å². The van der Waals surface area contributed by atoms with Crippen molar-refractivity contribution in [3.8, 4) is 23.0 Å². The summed E-state index contributed by atoms with van der Waals surface area (Å²) in [5, 5.41) is 30.7. The first kappa shape index (κ1) is 39.4. The number of phenols is 1. The first-order valence-electron chi connectivity index (χ1n) is 16.1. The van der Waals surface area contributed by atoms with Crippen LogP contribution in [0.5, 0.6) is 23.0 Å². The number of aliphatic hydroxyl groups excluding tert-OH is 1. The van der Waals surface area contributed by atoms with Crippen molar-refractivity contribution in [2.45, 2.75) is 68.7 Å². The average molecular weight is 780 g/mol. The summed E-state index contributed by atoms with van der Waals surface area (Å²) in [4.78, 5) is 64.9. The van der Waals surface area contributed by atoms with Crippen molar-refractivity contribution in [3.63, 3.8) is 0 Å². The number of allylic oxidation sites excluding steroid dienone is 2. The van der Waals surface area contributed by atoms with Gasteiger partial charge in [0, 0.05) is 12.2 Å². The monoisotopic (exact) mass is 778 g/mol. The molecule has 1 unspecified atom stereocenters. The molecule has 0 fully saturated rings. The zero-order valence-corrected chi connectivity index (χ0v) is 32.0. The van der Waals surface area contributed by atoms with Crippen LogP contribution in [0.2, 0.25) is 0 Å². The number of methoxy groups -OCH3 is 1. The summed E-state index contributed by atoms with van der Waals surface area (Å²) >= 11 is 3.21. The van der Waals surface area contributed by atoms with Crippen LogP contribution in [0.15, 0.2) is 34.2 Å². The number of esters is 3. The van der Waals surface area contributed by atoms with Crippen molar-refractivity contribution in [2.75, 3.05) is 7.11 Å². The maximum Gasteiger partial charge on any atom is 0.347 e. The van der Waals surface area contributed by atoms with Crippen LogP contribution >= 0.6 is 15.9 Å². The van der Waals surface area contributed by atoms with Crippen molar-refractivity contribution in [2.24, 2.45) is 5.92 Å². The highest BCUT2D eigenvalue weighted by molar-refractivity contribution is 9.10. The summed E-state index contributed by atoms with van der Waals surface area (Å²) < 4.78 is 22.2. The van der Waals surface area contributed by atoms with Crippen LogP contribution in [0.25, 0.3) is 0 Å². The van der Waals surface area contributed by atoms with Gasteiger partial charge in [0.1, 0.15) is 38.8 Å². The predicted molar refractivity (Wildman–Crippen MR) is 193 cm³/mol. The molecule has 12 nitrogen and oxygen atoms in total. The lowest BCUT2D eigenvalue weighted by molar-refractivity contribution is -0.142. The SMILES string of the molecule is CCc1c(C)c(C(=O)O)c(C)c(C)c1OC(=O)c1c(C)cc(OC(=O)c2c(C)c(C)c(OC(=O)C3C(=O)C=C(O)C=C3OC)c(Br)c2O)c(C)c1C. The van der Waals surface area contributed by atoms with Gasteiger partial charge in [0.15, 0.2) is 17.5 Å². The Hall–Kier alpha value is -5.43. The van der Waals surface area contributed by atoms with Gasteiger partial charge in [0.05, 0.1) is 18.2 Å². The average Bonchev–Trinajstić information content (AvgIpc) is 3.06. The van der Waals surface area contributed by atoms with E-state index in [2.05, 4.69) is 15.9 Å². The minimum atomic E-state index is -1.50. The number of carbonyl (C=O) groups is 5. The van der Waals surface area contributed by atoms with Crippen LogP contribution in [0, 0.1) is 61.3 Å². The minimum Gasteiger partial charge on any atom is -0.508 e. The zero-order valence-electron chi connectivity index (χ0n) is 30.4. The number of phenolic OH excluding ortho intramolecular Hbond substituents is 1. The maximum atomic E-state index is 13.7. The lowest BCUT2D eigenvalue weighted by Gasteiger charge is -2.22. The lowest BCUT2D eigenvalue weighted by atomic mass is 9.91. The van der Waals surface area contributed by atoms with Crippen LogP contribution in [-0.4, -0.2) is 52.1 Å². The summed E-state index contributed by atoms with van der Waals surface area (Å²) in [5.74, 6) is -6.79. The molecule has 0 radical (unpaired) electrons. The van der Waals surface area contributed by atoms with Crippen molar-refractivity contribution in [1.29, 1.82) is 0 Å². The zero-order chi connectivity index (χ0) is 39.1. The van der Waals surface area contributed by atoms with Gasteiger partial charge < -0.3 is 34.3 Å². The molecule has 0 bridgehead atoms. The van der Waals surface area contributed by atoms with Crippen molar-refractivity contribution < 1.29 is 58.2 Å². The highest BCUT2D eigenvalue weighted by Crippen LogP contribution is 2.43. The topological polar surface area (TPSA) is 183 Å². The smallest absolute Gasteiger partial charge is 0.347 e. The molecule has 0 amide bonds. The first-order valence-corrected chi connectivity index (χ1v) is 16.9. The molecule has 0 heterocycles. The van der Waals surface area contributed by atoms with Gasteiger partial charge in [-0.3, -0.25) is 9.59 Å². The molecule has 0 spiro atoms. The normalized spacial score (nSPS) is 14.0. The highest BCUT2D eigenvalue weighted by Gasteiger charge is 2.37. The van der Waals surface area contributed by atoms with Gasteiger partial charge in [0.25, 0.3) is 0 Å². The van der Waals surface area contributed by atoms with E-state index in [9.17, 15) is 39.3 Å². The molecule has 274 valence electrons. The number of carboxylic acid groups (broad SMARTS) is 1. The fraction of sp³-hybridized carbons (Fsp3) is 0.308. The lowest BCUT2D eigenvalue weighted by Crippen LogP contribution is -2.32. The van der Waals surface area contributed by atoms with E-state index in [1.54, 1.807) is 48.5 Å². The Balaban J connectivity index is 1.65. The molecule has 0 aliphatic heterocycles. The van der Waals surface area contributed by atoms with Gasteiger partial charge in [-0.05, 0) is 134 Å². The number of hydrogen-bond donors (Lipinski definition) is 3. The van der Waals surface area contributed by atoms with Crippen molar-refractivity contribution in [1.82, 2.24) is 0 Å². The number of carbonyl (C=O) groups excluding carboxylic acids is 4. The second-order valence-electron chi connectivity index (χ2n) is 12.5. The minimum absolute atomic E-state index is 0.119. The number of hydrogen-bond acceptors (Lipinski definition) is 11. The molecule has 0 saturated heterocycles. The van der Waals surface area contributed by atoms with E-state index in [1.165, 1.54) is 20.1 Å². The fourth-order valence-electron chi connectivity index (χ4n) is 6.33. The molecular formula is C39H39BrO12. The van der Waals surface area contributed by atoms with Gasteiger partial charge in [-0.25, -0.2) is 14.4 Å². The van der Waals surface area contributed by atoms with Gasteiger partial charge in [-0.1, -0.05) is 6.92 Å². The molecule has 3 aromatic rings. The van der Waals surface area contributed by atoms with Gasteiger partial charge in [-0.15, -0.1) is 0 Å². The molecule has 0 saturated carbocycles. The van der Waals surface area contributed by atoms with E-state index >= 15 is 0 Å². The van der Waals surface area contributed by atoms with E-state index in [-0.39, 0.29) is 55.3 Å². The second-order valence-corrected chi connectivity index (χ2v) is 13.3. The number of halogens is 1. The molecule has 1 aliphatic rings. The Morgan fingerprint density at radius 1 is 0.731 bits per heavy atom. The third-order valence-corrected chi connectivity index (χ3v) is 10.3. The van der Waals surface area contributed by atoms with Crippen LogP contribution < -0.4 is 14.2 Å². The first-order chi connectivity index (χ1) is 24.3. The number of aryl methyl sites for hydroxylation is 1. The van der Waals surface area contributed by atoms with E-state index in [0.29, 0.717) is 51.1 Å². The predicted octanol–water partition coefficient (Wildman–Crippen LogP) is 7.40. The number of carboxylic acids is 1. The van der Waals surface area contributed by atoms with E-state index in [0.717, 1.165) is 12.2 Å². The summed E-state index contributed by atoms with van der Waals surface area (Å²) in [6.07, 6.45) is 2.41. The highest BCUT2D eigenvalue weighted by atomic mass is 79.9. The largest absolute Gasteiger partial charge is 0.508 e. The number of aromatic carboxylic acids is 1. The molecule has 1 atom stereocenters. The molecule has 3 aromatic carbocycles. The number of rotatable bonds is 9. The van der Waals surface area contributed by atoms with E-state index in [1.807, 2.05) is 6.92 Å². The van der Waals surface area contributed by atoms with Crippen LogP contribution in [0.3, 0.4) is 0 Å². The number of ketones is 1. The Kier molecular flexibility index (Phi) is 11.4. The fourth-order valence-corrected chi connectivity index (χ4v) is 6.90. The van der Waals surface area contributed by atoms with E-state index < -0.39 is 41.3 Å². The van der Waals surface area contributed by atoms with Gasteiger partial charge in [-0.2, -0.15) is 0 Å². The Morgan fingerprint density at radius 3 is 1.87 bits per heavy atom. The Bertz CT molecular complexity index is 2130. The Morgan fingerprint density at radius 2 is 1.29 bits per heavy atom.